The molecular weight excluding hydrogens is 353 g/mol. The molecule has 6 heteroatoms. The summed E-state index contributed by atoms with van der Waals surface area (Å²) in [6, 6.07) is 3.72. The van der Waals surface area contributed by atoms with E-state index in [1.54, 1.807) is 6.07 Å². The SMILES string of the molecule is C[C@@H](Oc1ccc2c(n1)CCN(CCC1CCCCC1)CC2)C(F)(F)P. The maximum Gasteiger partial charge on any atom is 0.294 e. The summed E-state index contributed by atoms with van der Waals surface area (Å²) in [5, 5.41) is 0. The minimum absolute atomic E-state index is 0.300. The summed E-state index contributed by atoms with van der Waals surface area (Å²) in [5.74, 6) is 1.21. The molecule has 0 saturated heterocycles. The minimum atomic E-state index is -2.95. The summed E-state index contributed by atoms with van der Waals surface area (Å²) in [7, 11) is 1.54. The van der Waals surface area contributed by atoms with Crippen molar-refractivity contribution in [2.75, 3.05) is 19.6 Å². The lowest BCUT2D eigenvalue weighted by Crippen LogP contribution is -2.30. The largest absolute Gasteiger partial charge is 0.468 e. The van der Waals surface area contributed by atoms with Crippen LogP contribution in [0.4, 0.5) is 8.78 Å². The summed E-state index contributed by atoms with van der Waals surface area (Å²) in [6.07, 6.45) is 8.93. The number of fused-ring (bicyclic) bond motifs is 1. The van der Waals surface area contributed by atoms with Gasteiger partial charge in [0.25, 0.3) is 5.66 Å². The highest BCUT2D eigenvalue weighted by atomic mass is 31.0. The number of ether oxygens (including phenoxy) is 1. The van der Waals surface area contributed by atoms with Gasteiger partial charge in [-0.25, -0.2) is 4.98 Å². The molecule has 1 saturated carbocycles. The Labute approximate surface area is 158 Å². The summed E-state index contributed by atoms with van der Waals surface area (Å²) in [6.45, 7) is 4.58. The number of aromatic nitrogens is 1. The fourth-order valence-corrected chi connectivity index (χ4v) is 4.07. The van der Waals surface area contributed by atoms with Crippen molar-refractivity contribution in [3.05, 3.63) is 23.4 Å². The molecule has 1 fully saturated rings. The number of rotatable bonds is 6. The van der Waals surface area contributed by atoms with E-state index in [0.29, 0.717) is 5.88 Å². The highest BCUT2D eigenvalue weighted by molar-refractivity contribution is 7.18. The van der Waals surface area contributed by atoms with E-state index in [9.17, 15) is 8.78 Å². The van der Waals surface area contributed by atoms with E-state index in [1.807, 2.05) is 6.07 Å². The van der Waals surface area contributed by atoms with Crippen LogP contribution in [-0.2, 0) is 12.8 Å². The molecular formula is C20H31F2N2OP. The van der Waals surface area contributed by atoms with E-state index in [2.05, 4.69) is 9.88 Å². The Kier molecular flexibility index (Phi) is 6.85. The molecule has 0 bridgehead atoms. The number of hydrogen-bond donors (Lipinski definition) is 0. The zero-order chi connectivity index (χ0) is 18.6. The molecule has 1 aliphatic heterocycles. The molecule has 2 heterocycles. The molecule has 2 aliphatic rings. The highest BCUT2D eigenvalue weighted by Gasteiger charge is 2.32. The maximum atomic E-state index is 13.3. The van der Waals surface area contributed by atoms with Crippen LogP contribution in [0, 0.1) is 5.92 Å². The van der Waals surface area contributed by atoms with Gasteiger partial charge < -0.3 is 9.64 Å². The third-order valence-electron chi connectivity index (χ3n) is 5.82. The maximum absolute atomic E-state index is 13.3. The first-order chi connectivity index (χ1) is 12.4. The van der Waals surface area contributed by atoms with E-state index >= 15 is 0 Å². The average molecular weight is 384 g/mol. The fourth-order valence-electron chi connectivity index (χ4n) is 4.00. The second-order valence-corrected chi connectivity index (χ2v) is 8.59. The number of nitrogens with zero attached hydrogens (tertiary/aromatic N) is 2. The Morgan fingerprint density at radius 2 is 1.96 bits per heavy atom. The van der Waals surface area contributed by atoms with Crippen molar-refractivity contribution in [2.24, 2.45) is 5.92 Å². The van der Waals surface area contributed by atoms with Gasteiger partial charge in [-0.1, -0.05) is 47.4 Å². The smallest absolute Gasteiger partial charge is 0.294 e. The lowest BCUT2D eigenvalue weighted by atomic mass is 9.87. The molecule has 1 aromatic heterocycles. The molecule has 26 heavy (non-hydrogen) atoms. The van der Waals surface area contributed by atoms with Crippen molar-refractivity contribution in [3.63, 3.8) is 0 Å². The number of pyridine rings is 1. The van der Waals surface area contributed by atoms with Gasteiger partial charge in [0.2, 0.25) is 5.88 Å². The Bertz CT molecular complexity index is 588. The first kappa shape index (κ1) is 19.9. The molecule has 1 unspecified atom stereocenters. The summed E-state index contributed by atoms with van der Waals surface area (Å²) in [5.41, 5.74) is -0.727. The molecule has 1 aromatic rings. The van der Waals surface area contributed by atoms with E-state index in [4.69, 9.17) is 4.74 Å². The first-order valence-electron chi connectivity index (χ1n) is 9.96. The third kappa shape index (κ3) is 5.60. The first-order valence-corrected chi connectivity index (χ1v) is 10.5. The minimum Gasteiger partial charge on any atom is -0.468 e. The van der Waals surface area contributed by atoms with Crippen LogP contribution in [0.15, 0.2) is 12.1 Å². The van der Waals surface area contributed by atoms with Crippen LogP contribution >= 0.6 is 9.24 Å². The van der Waals surface area contributed by atoms with Crippen molar-refractivity contribution in [3.8, 4) is 5.88 Å². The van der Waals surface area contributed by atoms with E-state index < -0.39 is 11.8 Å². The standard InChI is InChI=1S/C20H31F2N2OP/c1-15(20(21,22)26)25-19-8-7-17-10-13-24(14-11-18(17)23-19)12-9-16-5-3-2-4-6-16/h7-8,15-16H,2-6,9-14,26H2,1H3/t15-/m1/s1. The van der Waals surface area contributed by atoms with Crippen LogP contribution in [0.2, 0.25) is 0 Å². The molecule has 1 aliphatic carbocycles. The van der Waals surface area contributed by atoms with Gasteiger partial charge in [0.1, 0.15) is 0 Å². The zero-order valence-corrected chi connectivity index (χ0v) is 16.9. The molecule has 0 radical (unpaired) electrons. The van der Waals surface area contributed by atoms with Crippen molar-refractivity contribution in [1.82, 2.24) is 9.88 Å². The van der Waals surface area contributed by atoms with Crippen LogP contribution in [0.25, 0.3) is 0 Å². The summed E-state index contributed by atoms with van der Waals surface area (Å²) < 4.78 is 31.9. The van der Waals surface area contributed by atoms with Gasteiger partial charge in [-0.2, -0.15) is 8.78 Å². The van der Waals surface area contributed by atoms with Gasteiger partial charge >= 0.3 is 0 Å². The Morgan fingerprint density at radius 3 is 2.69 bits per heavy atom. The molecule has 0 aromatic carbocycles. The van der Waals surface area contributed by atoms with Crippen molar-refractivity contribution in [2.45, 2.75) is 70.1 Å². The van der Waals surface area contributed by atoms with Crippen LogP contribution in [0.1, 0.15) is 56.7 Å². The molecule has 3 rings (SSSR count). The van der Waals surface area contributed by atoms with Gasteiger partial charge in [-0.05, 0) is 37.8 Å². The average Bonchev–Trinajstić information content (AvgIpc) is 2.82. The summed E-state index contributed by atoms with van der Waals surface area (Å²) >= 11 is 0. The van der Waals surface area contributed by atoms with Gasteiger partial charge in [0.05, 0.1) is 0 Å². The lowest BCUT2D eigenvalue weighted by Gasteiger charge is -2.26. The highest BCUT2D eigenvalue weighted by Crippen LogP contribution is 2.30. The summed E-state index contributed by atoms with van der Waals surface area (Å²) in [4.78, 5) is 7.06. The van der Waals surface area contributed by atoms with Crippen molar-refractivity contribution in [1.29, 1.82) is 0 Å². The van der Waals surface area contributed by atoms with E-state index in [0.717, 1.165) is 37.5 Å². The predicted octanol–water partition coefficient (Wildman–Crippen LogP) is 4.69. The molecule has 3 nitrogen and oxygen atoms in total. The Hall–Kier alpha value is -0.800. The van der Waals surface area contributed by atoms with Crippen LogP contribution in [-0.4, -0.2) is 41.3 Å². The van der Waals surface area contributed by atoms with Gasteiger partial charge in [0.15, 0.2) is 6.10 Å². The van der Waals surface area contributed by atoms with Gasteiger partial charge in [0, 0.05) is 31.3 Å². The zero-order valence-electron chi connectivity index (χ0n) is 15.7. The second kappa shape index (κ2) is 8.93. The van der Waals surface area contributed by atoms with Crippen molar-refractivity contribution >= 4 is 9.24 Å². The third-order valence-corrected chi connectivity index (χ3v) is 6.29. The van der Waals surface area contributed by atoms with E-state index in [1.165, 1.54) is 66.8 Å². The number of halogens is 2. The van der Waals surface area contributed by atoms with Crippen LogP contribution < -0.4 is 4.74 Å². The molecule has 0 N–H and O–H groups in total. The monoisotopic (exact) mass is 384 g/mol. The van der Waals surface area contributed by atoms with Crippen LogP contribution in [0.3, 0.4) is 0 Å². The quantitative estimate of drug-likeness (QED) is 0.666. The van der Waals surface area contributed by atoms with Crippen molar-refractivity contribution < 1.29 is 13.5 Å². The fraction of sp³-hybridized carbons (Fsp3) is 0.750. The molecule has 0 amide bonds. The van der Waals surface area contributed by atoms with E-state index in [-0.39, 0.29) is 0 Å². The molecule has 0 spiro atoms. The number of hydrogen-bond acceptors (Lipinski definition) is 3. The second-order valence-electron chi connectivity index (χ2n) is 7.82. The Morgan fingerprint density at radius 1 is 1.23 bits per heavy atom. The Balaban J connectivity index is 1.53. The van der Waals surface area contributed by atoms with Gasteiger partial charge in [-0.3, -0.25) is 0 Å². The van der Waals surface area contributed by atoms with Gasteiger partial charge in [-0.15, -0.1) is 0 Å². The molecule has 2 atom stereocenters. The lowest BCUT2D eigenvalue weighted by molar-refractivity contribution is -0.0119. The number of alkyl halides is 2. The molecule has 146 valence electrons. The van der Waals surface area contributed by atoms with Crippen LogP contribution in [0.5, 0.6) is 5.88 Å². The normalized spacial score (nSPS) is 21.1. The topological polar surface area (TPSA) is 25.4 Å². The predicted molar refractivity (Wildman–Crippen MR) is 104 cm³/mol.